The van der Waals surface area contributed by atoms with Crippen molar-refractivity contribution in [2.24, 2.45) is 19.8 Å². The van der Waals surface area contributed by atoms with Crippen LogP contribution in [-0.2, 0) is 56.0 Å². The second kappa shape index (κ2) is 20.4. The van der Waals surface area contributed by atoms with Crippen LogP contribution in [0.4, 0.5) is 17.6 Å². The Kier molecular flexibility index (Phi) is 17.5. The molecule has 306 valence electrons. The van der Waals surface area contributed by atoms with Crippen molar-refractivity contribution in [3.05, 3.63) is 91.4 Å². The van der Waals surface area contributed by atoms with E-state index in [0.29, 0.717) is 78.5 Å². The summed E-state index contributed by atoms with van der Waals surface area (Å²) in [4.78, 5) is 20.4. The van der Waals surface area contributed by atoms with Crippen molar-refractivity contribution in [3.63, 3.8) is 0 Å². The van der Waals surface area contributed by atoms with Gasteiger partial charge in [0.05, 0.1) is 12.7 Å². The Labute approximate surface area is 345 Å². The van der Waals surface area contributed by atoms with Crippen molar-refractivity contribution < 1.29 is 57.6 Å². The molecule has 0 atom stereocenters. The molecule has 2 N–H and O–H groups in total. The standard InChI is InChI=1S/C22H27F2N3O3.C16H18F2N4O.CH3.ClH.W/c1-21(2,3)30-18(28)10-5-15(13-23)14-29-17-8-6-16(7-9-17)19-25-20(27(4)26-19)22(24)11-12-22;1-22-14(20-15(21-22)16(18)6-7-16)12-2-4-13(5-3-12)23-10-11(8-17)9-19;;;/h6-9,13H,5,10-12,14H2,1-4H3;2-5,8H,6-7,9-10,19H2,1H3;1H3;1H;/q;;-1;;/b15-13+;11-8+;;;. The SMILES string of the molecule is Cl.Cn1nc(-c2ccc(OC/C(=C/F)CCC(=O)OC(C)(C)C)cc2)nc1C1(F)CC1.Cn1nc(C2(F)CC2)nc1-c1ccc(OC/C(=C/F)CN)cc1.[CH3-].[W]. The summed E-state index contributed by atoms with van der Waals surface area (Å²) in [6.45, 7) is 5.59. The van der Waals surface area contributed by atoms with Crippen LogP contribution in [0.25, 0.3) is 22.8 Å². The number of rotatable bonds is 14. The summed E-state index contributed by atoms with van der Waals surface area (Å²) in [5, 5.41) is 8.45. The second-order valence-corrected chi connectivity index (χ2v) is 14.1. The zero-order valence-electron chi connectivity index (χ0n) is 32.4. The number of carbonyl (C=O) groups excluding carboxylic acids is 1. The maximum absolute atomic E-state index is 14.3. The Hall–Kier alpha value is -4.07. The van der Waals surface area contributed by atoms with Crippen molar-refractivity contribution in [1.82, 2.24) is 29.5 Å². The number of esters is 1. The van der Waals surface area contributed by atoms with Gasteiger partial charge in [-0.15, -0.1) is 12.4 Å². The summed E-state index contributed by atoms with van der Waals surface area (Å²) < 4.78 is 73.2. The Morgan fingerprint density at radius 3 is 1.80 bits per heavy atom. The van der Waals surface area contributed by atoms with Crippen LogP contribution in [0.3, 0.4) is 0 Å². The van der Waals surface area contributed by atoms with Crippen molar-refractivity contribution in [1.29, 1.82) is 0 Å². The molecule has 0 radical (unpaired) electrons. The molecular formula is C39H49ClF4N7O4W-. The number of benzene rings is 2. The van der Waals surface area contributed by atoms with Crippen LogP contribution in [0.5, 0.6) is 11.5 Å². The van der Waals surface area contributed by atoms with E-state index < -0.39 is 16.9 Å². The molecule has 0 amide bonds. The van der Waals surface area contributed by atoms with Gasteiger partial charge in [-0.3, -0.25) is 4.79 Å². The molecule has 0 unspecified atom stereocenters. The topological polar surface area (TPSA) is 132 Å². The Morgan fingerprint density at radius 2 is 1.32 bits per heavy atom. The van der Waals surface area contributed by atoms with Gasteiger partial charge in [-0.1, -0.05) is 0 Å². The first-order valence-electron chi connectivity index (χ1n) is 17.3. The molecule has 2 aromatic heterocycles. The quantitative estimate of drug-likeness (QED) is 0.0754. The summed E-state index contributed by atoms with van der Waals surface area (Å²) in [5.74, 6) is 2.39. The van der Waals surface area contributed by atoms with Gasteiger partial charge in [-0.2, -0.15) is 10.2 Å². The van der Waals surface area contributed by atoms with E-state index in [9.17, 15) is 22.4 Å². The molecule has 6 rings (SSSR count). The molecule has 2 heterocycles. The summed E-state index contributed by atoms with van der Waals surface area (Å²) in [7, 11) is 3.42. The number of ether oxygens (including phenoxy) is 3. The molecule has 2 aromatic carbocycles. The third-order valence-electron chi connectivity index (χ3n) is 8.42. The summed E-state index contributed by atoms with van der Waals surface area (Å²) >= 11 is 0. The Balaban J connectivity index is 0.000000378. The van der Waals surface area contributed by atoms with E-state index in [0.717, 1.165) is 11.1 Å². The van der Waals surface area contributed by atoms with E-state index in [-0.39, 0.29) is 85.3 Å². The third kappa shape index (κ3) is 13.0. The molecule has 2 aliphatic carbocycles. The minimum absolute atomic E-state index is 0. The monoisotopic (exact) mass is 974 g/mol. The number of alkyl halides is 2. The van der Waals surface area contributed by atoms with Crippen LogP contribution < -0.4 is 15.2 Å². The van der Waals surface area contributed by atoms with Gasteiger partial charge in [0.25, 0.3) is 0 Å². The molecule has 0 spiro atoms. The fourth-order valence-corrected chi connectivity index (χ4v) is 5.09. The van der Waals surface area contributed by atoms with Crippen LogP contribution in [-0.4, -0.2) is 60.9 Å². The van der Waals surface area contributed by atoms with Crippen LogP contribution in [0.15, 0.2) is 72.3 Å². The van der Waals surface area contributed by atoms with E-state index in [2.05, 4.69) is 20.2 Å². The summed E-state index contributed by atoms with van der Waals surface area (Å²) in [5.41, 5.74) is 4.38. The number of hydrogen-bond acceptors (Lipinski definition) is 9. The van der Waals surface area contributed by atoms with E-state index in [4.69, 9.17) is 19.9 Å². The zero-order valence-corrected chi connectivity index (χ0v) is 36.1. The van der Waals surface area contributed by atoms with Crippen molar-refractivity contribution in [3.8, 4) is 34.3 Å². The Morgan fingerprint density at radius 1 is 0.804 bits per heavy atom. The average molecular weight is 975 g/mol. The molecule has 17 heteroatoms. The maximum atomic E-state index is 14.3. The molecule has 2 saturated carbocycles. The third-order valence-corrected chi connectivity index (χ3v) is 8.42. The van der Waals surface area contributed by atoms with Crippen LogP contribution >= 0.6 is 12.4 Å². The first-order valence-corrected chi connectivity index (χ1v) is 17.3. The number of nitrogens with two attached hydrogens (primary N) is 1. The van der Waals surface area contributed by atoms with Gasteiger partial charge in [0.15, 0.2) is 34.6 Å². The van der Waals surface area contributed by atoms with Gasteiger partial charge in [-0.25, -0.2) is 36.9 Å². The average Bonchev–Trinajstić information content (AvgIpc) is 3.98. The number of nitrogens with zero attached hydrogens (tertiary/aromatic N) is 6. The molecule has 0 saturated heterocycles. The van der Waals surface area contributed by atoms with Crippen LogP contribution in [0.1, 0.15) is 70.9 Å². The van der Waals surface area contributed by atoms with E-state index >= 15 is 0 Å². The van der Waals surface area contributed by atoms with Gasteiger partial charge < -0.3 is 27.4 Å². The largest absolute Gasteiger partial charge is 0.489 e. The van der Waals surface area contributed by atoms with Crippen molar-refractivity contribution in [2.45, 2.75) is 76.2 Å². The second-order valence-electron chi connectivity index (χ2n) is 14.1. The fourth-order valence-electron chi connectivity index (χ4n) is 5.09. The smallest absolute Gasteiger partial charge is 0.306 e. The van der Waals surface area contributed by atoms with Crippen molar-refractivity contribution in [2.75, 3.05) is 19.8 Å². The molecule has 0 aliphatic heterocycles. The number of aromatic nitrogens is 6. The molecule has 2 fully saturated rings. The van der Waals surface area contributed by atoms with Gasteiger partial charge in [0.2, 0.25) is 0 Å². The minimum Gasteiger partial charge on any atom is -0.489 e. The predicted molar refractivity (Wildman–Crippen MR) is 204 cm³/mol. The molecule has 2 aliphatic rings. The number of aryl methyl sites for hydroxylation is 2. The van der Waals surface area contributed by atoms with Crippen LogP contribution in [0.2, 0.25) is 0 Å². The molecule has 4 aromatic rings. The number of carbonyl (C=O) groups is 1. The molecule has 0 bridgehead atoms. The number of hydrogen-bond donors (Lipinski definition) is 1. The maximum Gasteiger partial charge on any atom is 0.306 e. The summed E-state index contributed by atoms with van der Waals surface area (Å²) in [6.07, 6.45) is 3.13. The van der Waals surface area contributed by atoms with Crippen molar-refractivity contribution >= 4 is 18.4 Å². The van der Waals surface area contributed by atoms with Crippen LogP contribution in [0, 0.1) is 7.43 Å². The predicted octanol–water partition coefficient (Wildman–Crippen LogP) is 8.30. The molecular weight excluding hydrogens is 926 g/mol. The van der Waals surface area contributed by atoms with E-state index in [1.807, 2.05) is 12.1 Å². The zero-order chi connectivity index (χ0) is 38.4. The minimum atomic E-state index is -1.35. The first kappa shape index (κ1) is 48.1. The summed E-state index contributed by atoms with van der Waals surface area (Å²) in [6, 6.07) is 14.1. The Bertz CT molecular complexity index is 1940. The van der Waals surface area contributed by atoms with Gasteiger partial charge in [-0.05, 0) is 107 Å². The fraction of sp³-hybridized carbons (Fsp3) is 0.436. The normalized spacial score (nSPS) is 15.2. The van der Waals surface area contributed by atoms with E-state index in [1.54, 1.807) is 75.9 Å². The molecule has 11 nitrogen and oxygen atoms in total. The number of halogens is 5. The first-order chi connectivity index (χ1) is 25.1. The van der Waals surface area contributed by atoms with Gasteiger partial charge >= 0.3 is 5.97 Å². The van der Waals surface area contributed by atoms with Gasteiger partial charge in [0, 0.05) is 64.8 Å². The van der Waals surface area contributed by atoms with E-state index in [1.165, 1.54) is 4.68 Å². The molecule has 56 heavy (non-hydrogen) atoms. The van der Waals surface area contributed by atoms with Gasteiger partial charge in [0.1, 0.15) is 30.3 Å².